The summed E-state index contributed by atoms with van der Waals surface area (Å²) in [6, 6.07) is 31.9. The van der Waals surface area contributed by atoms with Gasteiger partial charge in [-0.3, -0.25) is 18.7 Å². The van der Waals surface area contributed by atoms with Crippen LogP contribution < -0.4 is 22.6 Å². The minimum atomic E-state index is -0.0338. The summed E-state index contributed by atoms with van der Waals surface area (Å²) in [5.74, 6) is 0.770. The first-order valence-electron chi connectivity index (χ1n) is 19.3. The molecule has 0 spiro atoms. The number of H-pyrrole nitrogens is 1. The number of aromatic amines is 1. The molecule has 0 aliphatic heterocycles. The first-order valence-corrected chi connectivity index (χ1v) is 20.4. The number of nitrogens with one attached hydrogen (secondary N) is 1. The molecular weight excluding hydrogens is 832 g/mol. The number of imidazole rings is 2. The van der Waals surface area contributed by atoms with Crippen molar-refractivity contribution in [1.29, 1.82) is 0 Å². The zero-order chi connectivity index (χ0) is 42.8. The fraction of sp³-hybridized carbons (Fsp3) is 0.130. The first-order chi connectivity index (χ1) is 29.5. The largest absolute Gasteiger partial charge is 0.382 e. The number of hydrogen-bond acceptors (Lipinski definition) is 10. The lowest BCUT2D eigenvalue weighted by atomic mass is 10.1. The van der Waals surface area contributed by atoms with Crippen LogP contribution in [0.3, 0.4) is 0 Å². The van der Waals surface area contributed by atoms with E-state index in [-0.39, 0.29) is 11.1 Å². The van der Waals surface area contributed by atoms with Crippen molar-refractivity contribution < 1.29 is 0 Å². The van der Waals surface area contributed by atoms with Gasteiger partial charge in [0.1, 0.15) is 23.7 Å². The molecule has 0 fully saturated rings. The molecule has 0 unspecified atom stereocenters. The Hall–Kier alpha value is -7.52. The van der Waals surface area contributed by atoms with Crippen LogP contribution >= 0.6 is 15.9 Å². The number of nitrogen functional groups attached to an aromatic ring is 2. The number of halogens is 1. The van der Waals surface area contributed by atoms with Crippen LogP contribution in [0.5, 0.6) is 0 Å². The Kier molecular flexibility index (Phi) is 11.2. The fourth-order valence-corrected chi connectivity index (χ4v) is 7.94. The second kappa shape index (κ2) is 17.0. The number of hydrogen-bond donors (Lipinski definition) is 3. The molecule has 0 aliphatic carbocycles. The highest BCUT2D eigenvalue weighted by Crippen LogP contribution is 2.24. The third-order valence-electron chi connectivity index (χ3n) is 10.5. The fourth-order valence-electron chi connectivity index (χ4n) is 7.52. The Morgan fingerprint density at radius 1 is 0.607 bits per heavy atom. The van der Waals surface area contributed by atoms with Gasteiger partial charge >= 0.3 is 0 Å². The Morgan fingerprint density at radius 3 is 1.74 bits per heavy atom. The van der Waals surface area contributed by atoms with Crippen LogP contribution in [0.25, 0.3) is 55.2 Å². The van der Waals surface area contributed by atoms with E-state index in [1.807, 2.05) is 122 Å². The molecule has 0 aliphatic rings. The lowest BCUT2D eigenvalue weighted by Crippen LogP contribution is -2.24. The molecule has 304 valence electrons. The minimum absolute atomic E-state index is 0.0338. The Balaban J connectivity index is 0.000000143. The summed E-state index contributed by atoms with van der Waals surface area (Å²) in [6.07, 6.45) is 6.03. The molecule has 10 rings (SSSR count). The lowest BCUT2D eigenvalue weighted by Gasteiger charge is -2.18. The van der Waals surface area contributed by atoms with E-state index in [0.29, 0.717) is 45.8 Å². The van der Waals surface area contributed by atoms with Crippen molar-refractivity contribution in [2.45, 2.75) is 39.6 Å². The average molecular weight is 874 g/mol. The Bertz CT molecular complexity index is 3370. The number of nitrogens with zero attached hydrogens (tertiary/aromatic N) is 9. The highest BCUT2D eigenvalue weighted by molar-refractivity contribution is 9.08. The number of pyridine rings is 2. The van der Waals surface area contributed by atoms with Crippen molar-refractivity contribution in [3.8, 4) is 11.4 Å². The van der Waals surface area contributed by atoms with E-state index in [0.717, 1.165) is 66.6 Å². The van der Waals surface area contributed by atoms with E-state index in [4.69, 9.17) is 11.5 Å². The van der Waals surface area contributed by atoms with E-state index in [1.54, 1.807) is 10.9 Å². The molecule has 10 aromatic rings. The number of fused-ring (bicyclic) bond motifs is 4. The molecular formula is C46H41BrN12O2. The molecule has 6 heterocycles. The third kappa shape index (κ3) is 7.74. The number of para-hydroxylation sites is 2. The van der Waals surface area contributed by atoms with Gasteiger partial charge in [-0.1, -0.05) is 88.7 Å². The van der Waals surface area contributed by atoms with Crippen LogP contribution in [0.15, 0.2) is 132 Å². The predicted molar refractivity (Wildman–Crippen MR) is 246 cm³/mol. The standard InChI is InChI=1S/C23H20N6O.C18H16BrNO.C5H5N5/c1-14-6-3-4-9-18(14)29-17(10-16-8-5-7-15(2)19(16)23(29)30)11-28-13-27-20-21(24)25-12-26-22(20)28;1-12-6-3-4-9-16(12)20-15(11-19)10-14-8-5-7-13(2)17(14)18(20)21;6-4-3-5(9-1-7-3)10-2-8-4/h3-10,12-13H,11H2,1-2H3,(H2,24,25,26);3-10H,11H2,1-2H3;1-2H,(H3,6,7,8,9,10). The molecule has 0 radical (unpaired) electrons. The van der Waals surface area contributed by atoms with Crippen LogP contribution in [-0.2, 0) is 11.9 Å². The number of alkyl halides is 1. The van der Waals surface area contributed by atoms with Crippen LogP contribution in [-0.4, -0.2) is 48.6 Å². The second-order valence-corrected chi connectivity index (χ2v) is 15.1. The smallest absolute Gasteiger partial charge is 0.263 e. The highest BCUT2D eigenvalue weighted by Gasteiger charge is 2.17. The van der Waals surface area contributed by atoms with Crippen molar-refractivity contribution in [2.75, 3.05) is 11.5 Å². The van der Waals surface area contributed by atoms with Gasteiger partial charge in [-0.15, -0.1) is 0 Å². The maximum absolute atomic E-state index is 13.7. The van der Waals surface area contributed by atoms with Crippen molar-refractivity contribution in [2.24, 2.45) is 0 Å². The van der Waals surface area contributed by atoms with Gasteiger partial charge in [0.05, 0.1) is 41.3 Å². The van der Waals surface area contributed by atoms with E-state index in [1.165, 1.54) is 19.0 Å². The van der Waals surface area contributed by atoms with E-state index in [9.17, 15) is 9.59 Å². The monoisotopic (exact) mass is 872 g/mol. The van der Waals surface area contributed by atoms with E-state index >= 15 is 0 Å². The molecule has 0 amide bonds. The number of aryl methyl sites for hydroxylation is 4. The Labute approximate surface area is 357 Å². The molecule has 15 heteroatoms. The Morgan fingerprint density at radius 2 is 1.15 bits per heavy atom. The van der Waals surface area contributed by atoms with Gasteiger partial charge in [0.15, 0.2) is 22.9 Å². The van der Waals surface area contributed by atoms with Crippen LogP contribution in [0.4, 0.5) is 11.6 Å². The van der Waals surface area contributed by atoms with Crippen molar-refractivity contribution >= 4 is 71.4 Å². The zero-order valence-electron chi connectivity index (χ0n) is 33.8. The van der Waals surface area contributed by atoms with Gasteiger partial charge in [-0.05, 0) is 85.0 Å². The summed E-state index contributed by atoms with van der Waals surface area (Å²) in [4.78, 5) is 53.8. The third-order valence-corrected chi connectivity index (χ3v) is 11.1. The van der Waals surface area contributed by atoms with E-state index in [2.05, 4.69) is 63.0 Å². The molecule has 61 heavy (non-hydrogen) atoms. The average Bonchev–Trinajstić information content (AvgIpc) is 3.91. The number of benzene rings is 4. The molecule has 5 N–H and O–H groups in total. The second-order valence-electron chi connectivity index (χ2n) is 14.5. The first kappa shape index (κ1) is 40.3. The summed E-state index contributed by atoms with van der Waals surface area (Å²) < 4.78 is 5.50. The number of nitrogens with two attached hydrogens (primary N) is 2. The molecule has 14 nitrogen and oxygen atoms in total. The summed E-state index contributed by atoms with van der Waals surface area (Å²) >= 11 is 3.51. The minimum Gasteiger partial charge on any atom is -0.382 e. The van der Waals surface area contributed by atoms with Crippen LogP contribution in [0.1, 0.15) is 33.6 Å². The van der Waals surface area contributed by atoms with Gasteiger partial charge < -0.3 is 21.0 Å². The van der Waals surface area contributed by atoms with Gasteiger partial charge in [-0.2, -0.15) is 0 Å². The summed E-state index contributed by atoms with van der Waals surface area (Å²) in [6.45, 7) is 8.41. The van der Waals surface area contributed by atoms with Crippen LogP contribution in [0, 0.1) is 27.7 Å². The molecule has 0 atom stereocenters. The van der Waals surface area contributed by atoms with Gasteiger partial charge in [0.2, 0.25) is 0 Å². The summed E-state index contributed by atoms with van der Waals surface area (Å²) in [5.41, 5.74) is 21.6. The van der Waals surface area contributed by atoms with Crippen molar-refractivity contribution in [3.05, 3.63) is 177 Å². The van der Waals surface area contributed by atoms with Crippen molar-refractivity contribution in [3.63, 3.8) is 0 Å². The molecule has 0 saturated carbocycles. The van der Waals surface area contributed by atoms with Crippen molar-refractivity contribution in [1.82, 2.24) is 48.6 Å². The van der Waals surface area contributed by atoms with E-state index < -0.39 is 0 Å². The van der Waals surface area contributed by atoms with Crippen LogP contribution in [0.2, 0.25) is 0 Å². The molecule has 4 aromatic carbocycles. The normalized spacial score (nSPS) is 11.1. The quantitative estimate of drug-likeness (QED) is 0.144. The lowest BCUT2D eigenvalue weighted by molar-refractivity contribution is 0.749. The zero-order valence-corrected chi connectivity index (χ0v) is 35.4. The summed E-state index contributed by atoms with van der Waals surface area (Å²) in [5, 5.41) is 4.08. The number of rotatable bonds is 5. The SMILES string of the molecule is Cc1ccccc1-n1c(CBr)cc2cccc(C)c2c1=O.Cc1ccccc1-n1c(Cn2cnc3c(N)ncnc32)cc2cccc(C)c2c1=O.Nc1ncnc2nc[nH]c12. The summed E-state index contributed by atoms with van der Waals surface area (Å²) in [7, 11) is 0. The molecule has 0 saturated heterocycles. The maximum Gasteiger partial charge on any atom is 0.263 e. The number of aromatic nitrogens is 10. The molecule has 0 bridgehead atoms. The predicted octanol–water partition coefficient (Wildman–Crippen LogP) is 7.82. The topological polar surface area (TPSA) is 194 Å². The van der Waals surface area contributed by atoms with Gasteiger partial charge in [0, 0.05) is 16.7 Å². The molecule has 6 aromatic heterocycles. The maximum atomic E-state index is 13.7. The van der Waals surface area contributed by atoms with Gasteiger partial charge in [-0.25, -0.2) is 29.9 Å². The highest BCUT2D eigenvalue weighted by atomic mass is 79.9. The van der Waals surface area contributed by atoms with Gasteiger partial charge in [0.25, 0.3) is 11.1 Å². The number of anilines is 2.